The Kier molecular flexibility index (Phi) is 3.95. The third-order valence-electron chi connectivity index (χ3n) is 2.58. The van der Waals surface area contributed by atoms with Crippen LogP contribution in [0.5, 0.6) is 0 Å². The average molecular weight is 270 g/mol. The summed E-state index contributed by atoms with van der Waals surface area (Å²) in [4.78, 5) is 22.6. The van der Waals surface area contributed by atoms with Crippen LogP contribution in [0.15, 0.2) is 36.4 Å². The van der Waals surface area contributed by atoms with Gasteiger partial charge in [0.2, 0.25) is 11.8 Å². The van der Waals surface area contributed by atoms with E-state index in [1.165, 1.54) is 6.08 Å². The van der Waals surface area contributed by atoms with Crippen molar-refractivity contribution < 1.29 is 9.59 Å². The summed E-state index contributed by atoms with van der Waals surface area (Å²) in [6.07, 6.45) is 3.03. The summed E-state index contributed by atoms with van der Waals surface area (Å²) in [6, 6.07) is 8.37. The van der Waals surface area contributed by atoms with Gasteiger partial charge < -0.3 is 11.1 Å². The molecular formula is C14H14N4O2. The molecule has 6 nitrogen and oxygen atoms in total. The van der Waals surface area contributed by atoms with E-state index in [-0.39, 0.29) is 5.91 Å². The molecule has 0 fully saturated rings. The van der Waals surface area contributed by atoms with Crippen molar-refractivity contribution in [2.24, 2.45) is 5.73 Å². The Morgan fingerprint density at radius 2 is 2.00 bits per heavy atom. The van der Waals surface area contributed by atoms with Crippen LogP contribution in [0.2, 0.25) is 0 Å². The van der Waals surface area contributed by atoms with Crippen molar-refractivity contribution in [3.63, 3.8) is 0 Å². The standard InChI is InChI=1S/C14H14N4O2/c1-9-8-12(18-17-9)16-13(19)7-4-10-2-5-11(6-3-10)14(15)20/h2-8H,1H3,(H2,15,20)(H2,16,17,18,19). The average Bonchev–Trinajstić information content (AvgIpc) is 2.82. The van der Waals surface area contributed by atoms with E-state index >= 15 is 0 Å². The molecular weight excluding hydrogens is 256 g/mol. The minimum Gasteiger partial charge on any atom is -0.366 e. The van der Waals surface area contributed by atoms with Gasteiger partial charge in [-0.3, -0.25) is 14.7 Å². The molecule has 0 spiro atoms. The highest BCUT2D eigenvalue weighted by atomic mass is 16.1. The molecule has 4 N–H and O–H groups in total. The summed E-state index contributed by atoms with van der Waals surface area (Å²) < 4.78 is 0. The molecule has 6 heteroatoms. The van der Waals surface area contributed by atoms with Gasteiger partial charge in [0.1, 0.15) is 0 Å². The van der Waals surface area contributed by atoms with Crippen molar-refractivity contribution in [2.75, 3.05) is 5.32 Å². The lowest BCUT2D eigenvalue weighted by Gasteiger charge is -1.97. The summed E-state index contributed by atoms with van der Waals surface area (Å²) in [5, 5.41) is 9.25. The van der Waals surface area contributed by atoms with Crippen molar-refractivity contribution >= 4 is 23.7 Å². The van der Waals surface area contributed by atoms with E-state index in [0.29, 0.717) is 11.4 Å². The molecule has 0 saturated heterocycles. The monoisotopic (exact) mass is 270 g/mol. The highest BCUT2D eigenvalue weighted by Crippen LogP contribution is 2.07. The smallest absolute Gasteiger partial charge is 0.249 e. The molecule has 1 aromatic heterocycles. The van der Waals surface area contributed by atoms with Gasteiger partial charge in [-0.2, -0.15) is 5.10 Å². The fourth-order valence-electron chi connectivity index (χ4n) is 1.58. The molecule has 0 unspecified atom stereocenters. The number of nitrogens with one attached hydrogen (secondary N) is 2. The highest BCUT2D eigenvalue weighted by molar-refractivity contribution is 6.01. The van der Waals surface area contributed by atoms with Crippen LogP contribution in [0.1, 0.15) is 21.6 Å². The van der Waals surface area contributed by atoms with E-state index in [1.54, 1.807) is 36.4 Å². The number of aryl methyl sites for hydroxylation is 1. The molecule has 2 amide bonds. The summed E-state index contributed by atoms with van der Waals surface area (Å²) in [6.45, 7) is 1.85. The number of rotatable bonds is 4. The van der Waals surface area contributed by atoms with Crippen molar-refractivity contribution in [1.82, 2.24) is 10.2 Å². The zero-order chi connectivity index (χ0) is 14.5. The first-order valence-corrected chi connectivity index (χ1v) is 5.95. The number of H-pyrrole nitrogens is 1. The number of carbonyl (C=O) groups is 2. The second-order valence-electron chi connectivity index (χ2n) is 4.25. The maximum atomic E-state index is 11.6. The number of hydrogen-bond acceptors (Lipinski definition) is 3. The lowest BCUT2D eigenvalue weighted by molar-refractivity contribution is -0.111. The van der Waals surface area contributed by atoms with Crippen molar-refractivity contribution in [3.8, 4) is 0 Å². The van der Waals surface area contributed by atoms with Crippen LogP contribution in [-0.2, 0) is 4.79 Å². The lowest BCUT2D eigenvalue weighted by atomic mass is 10.1. The summed E-state index contributed by atoms with van der Waals surface area (Å²) in [5.41, 5.74) is 7.23. The van der Waals surface area contributed by atoms with Gasteiger partial charge >= 0.3 is 0 Å². The van der Waals surface area contributed by atoms with Gasteiger partial charge in [-0.15, -0.1) is 0 Å². The molecule has 0 atom stereocenters. The molecule has 2 rings (SSSR count). The Morgan fingerprint density at radius 3 is 2.55 bits per heavy atom. The Labute approximate surface area is 115 Å². The van der Waals surface area contributed by atoms with E-state index in [4.69, 9.17) is 5.73 Å². The number of benzene rings is 1. The van der Waals surface area contributed by atoms with Crippen LogP contribution in [0.4, 0.5) is 5.82 Å². The number of primary amides is 1. The van der Waals surface area contributed by atoms with E-state index in [1.807, 2.05) is 6.92 Å². The summed E-state index contributed by atoms with van der Waals surface area (Å²) in [5.74, 6) is -0.288. The van der Waals surface area contributed by atoms with Gasteiger partial charge in [0.15, 0.2) is 5.82 Å². The SMILES string of the molecule is Cc1cc(NC(=O)C=Cc2ccc(C(N)=O)cc2)n[nH]1. The molecule has 20 heavy (non-hydrogen) atoms. The van der Waals surface area contributed by atoms with Crippen LogP contribution in [0.3, 0.4) is 0 Å². The summed E-state index contributed by atoms with van der Waals surface area (Å²) >= 11 is 0. The Balaban J connectivity index is 1.98. The van der Waals surface area contributed by atoms with Gasteiger partial charge in [-0.25, -0.2) is 0 Å². The molecule has 0 aliphatic rings. The van der Waals surface area contributed by atoms with Crippen LogP contribution in [-0.4, -0.2) is 22.0 Å². The van der Waals surface area contributed by atoms with Gasteiger partial charge in [0, 0.05) is 23.4 Å². The lowest BCUT2D eigenvalue weighted by Crippen LogP contribution is -2.10. The van der Waals surface area contributed by atoms with E-state index in [9.17, 15) is 9.59 Å². The molecule has 0 aliphatic heterocycles. The van der Waals surface area contributed by atoms with Crippen LogP contribution in [0.25, 0.3) is 6.08 Å². The predicted octanol–water partition coefficient (Wildman–Crippen LogP) is 1.47. The maximum Gasteiger partial charge on any atom is 0.249 e. The normalized spacial score (nSPS) is 10.7. The van der Waals surface area contributed by atoms with E-state index < -0.39 is 5.91 Å². The Hall–Kier alpha value is -2.89. The maximum absolute atomic E-state index is 11.6. The topological polar surface area (TPSA) is 101 Å². The molecule has 0 aliphatic carbocycles. The minimum absolute atomic E-state index is 0.282. The van der Waals surface area contributed by atoms with Gasteiger partial charge in [-0.05, 0) is 30.7 Å². The van der Waals surface area contributed by atoms with E-state index in [2.05, 4.69) is 15.5 Å². The molecule has 0 saturated carbocycles. The van der Waals surface area contributed by atoms with Gasteiger partial charge in [0.05, 0.1) is 0 Å². The number of aromatic amines is 1. The van der Waals surface area contributed by atoms with Crippen molar-refractivity contribution in [1.29, 1.82) is 0 Å². The number of anilines is 1. The summed E-state index contributed by atoms with van der Waals surface area (Å²) in [7, 11) is 0. The largest absolute Gasteiger partial charge is 0.366 e. The molecule has 0 radical (unpaired) electrons. The van der Waals surface area contributed by atoms with Crippen molar-refractivity contribution in [2.45, 2.75) is 6.92 Å². The number of amides is 2. The Morgan fingerprint density at radius 1 is 1.30 bits per heavy atom. The highest BCUT2D eigenvalue weighted by Gasteiger charge is 2.01. The number of aromatic nitrogens is 2. The second-order valence-corrected chi connectivity index (χ2v) is 4.25. The third-order valence-corrected chi connectivity index (χ3v) is 2.58. The quantitative estimate of drug-likeness (QED) is 0.733. The first-order chi connectivity index (χ1) is 9.54. The van der Waals surface area contributed by atoms with E-state index in [0.717, 1.165) is 11.3 Å². The molecule has 0 bridgehead atoms. The van der Waals surface area contributed by atoms with Crippen LogP contribution in [0, 0.1) is 6.92 Å². The van der Waals surface area contributed by atoms with Crippen LogP contribution >= 0.6 is 0 Å². The molecule has 1 heterocycles. The number of carbonyl (C=O) groups excluding carboxylic acids is 2. The number of nitrogens with two attached hydrogens (primary N) is 1. The fourth-order valence-corrected chi connectivity index (χ4v) is 1.58. The first-order valence-electron chi connectivity index (χ1n) is 5.95. The zero-order valence-corrected chi connectivity index (χ0v) is 10.9. The third kappa shape index (κ3) is 3.55. The second kappa shape index (κ2) is 5.83. The minimum atomic E-state index is -0.479. The molecule has 2 aromatic rings. The van der Waals surface area contributed by atoms with Gasteiger partial charge in [0.25, 0.3) is 0 Å². The van der Waals surface area contributed by atoms with Crippen molar-refractivity contribution in [3.05, 3.63) is 53.2 Å². The first kappa shape index (κ1) is 13.5. The van der Waals surface area contributed by atoms with Crippen LogP contribution < -0.4 is 11.1 Å². The number of nitrogens with zero attached hydrogens (tertiary/aromatic N) is 1. The zero-order valence-electron chi connectivity index (χ0n) is 10.9. The fraction of sp³-hybridized carbons (Fsp3) is 0.0714. The van der Waals surface area contributed by atoms with Gasteiger partial charge in [-0.1, -0.05) is 12.1 Å². The number of hydrogen-bond donors (Lipinski definition) is 3. The molecule has 102 valence electrons. The molecule has 1 aromatic carbocycles. The predicted molar refractivity (Wildman–Crippen MR) is 75.9 cm³/mol. The Bertz CT molecular complexity index is 656.